The van der Waals surface area contributed by atoms with Crippen molar-refractivity contribution in [3.63, 3.8) is 0 Å². The molecule has 0 aromatic carbocycles. The van der Waals surface area contributed by atoms with E-state index in [0.717, 1.165) is 4.88 Å². The number of carbonyl (C=O) groups excluding carboxylic acids is 1. The second-order valence-electron chi connectivity index (χ2n) is 3.23. The molecule has 0 bridgehead atoms. The summed E-state index contributed by atoms with van der Waals surface area (Å²) in [6.45, 7) is 1.72. The lowest BCUT2D eigenvalue weighted by atomic mass is 10.2. The first kappa shape index (κ1) is 11.9. The van der Waals surface area contributed by atoms with E-state index in [9.17, 15) is 4.79 Å². The number of amides is 1. The molecule has 0 radical (unpaired) electrons. The summed E-state index contributed by atoms with van der Waals surface area (Å²) in [6.07, 6.45) is 3.01. The molecule has 0 saturated carbocycles. The number of rotatable bonds is 3. The molecule has 2 aromatic heterocycles. The minimum Gasteiger partial charge on any atom is -0.469 e. The average Bonchev–Trinajstić information content (AvgIpc) is 2.87. The molecule has 17 heavy (non-hydrogen) atoms. The number of furan rings is 1. The second kappa shape index (κ2) is 5.16. The zero-order valence-electron chi connectivity index (χ0n) is 8.94. The van der Waals surface area contributed by atoms with Crippen LogP contribution in [-0.4, -0.2) is 12.1 Å². The van der Waals surface area contributed by atoms with Crippen molar-refractivity contribution in [3.8, 4) is 0 Å². The summed E-state index contributed by atoms with van der Waals surface area (Å²) >= 11 is 7.15. The van der Waals surface area contributed by atoms with Crippen molar-refractivity contribution in [1.29, 1.82) is 0 Å². The Bertz CT molecular complexity index is 559. The van der Waals surface area contributed by atoms with E-state index in [1.165, 1.54) is 17.6 Å². The van der Waals surface area contributed by atoms with Crippen molar-refractivity contribution in [2.24, 2.45) is 5.10 Å². The van der Waals surface area contributed by atoms with Crippen LogP contribution >= 0.6 is 22.9 Å². The van der Waals surface area contributed by atoms with Gasteiger partial charge in [0.1, 0.15) is 5.76 Å². The van der Waals surface area contributed by atoms with Gasteiger partial charge in [0.25, 0.3) is 5.91 Å². The molecule has 0 saturated heterocycles. The smallest absolute Gasteiger partial charge is 0.274 e. The fraction of sp³-hybridized carbons (Fsp3) is 0.0909. The quantitative estimate of drug-likeness (QED) is 0.687. The van der Waals surface area contributed by atoms with Crippen LogP contribution in [0.2, 0.25) is 4.34 Å². The number of nitrogens with zero attached hydrogens (tertiary/aromatic N) is 1. The van der Waals surface area contributed by atoms with Crippen molar-refractivity contribution < 1.29 is 9.21 Å². The number of hydrazone groups is 1. The van der Waals surface area contributed by atoms with E-state index >= 15 is 0 Å². The third-order valence-electron chi connectivity index (χ3n) is 2.06. The van der Waals surface area contributed by atoms with Gasteiger partial charge < -0.3 is 4.42 Å². The second-order valence-corrected chi connectivity index (χ2v) is 4.98. The number of halogens is 1. The van der Waals surface area contributed by atoms with Crippen LogP contribution in [0, 0.1) is 6.92 Å². The molecule has 0 atom stereocenters. The van der Waals surface area contributed by atoms with Gasteiger partial charge in [-0.2, -0.15) is 5.10 Å². The van der Waals surface area contributed by atoms with Crippen LogP contribution in [0.3, 0.4) is 0 Å². The predicted octanol–water partition coefficient (Wildman–Crippen LogP) is 3.07. The molecule has 2 aromatic rings. The predicted molar refractivity (Wildman–Crippen MR) is 67.8 cm³/mol. The standard InChI is InChI=1S/C11H9ClN2O2S/c1-7-9(4-5-16-7)11(15)14-13-6-8-2-3-10(12)17-8/h2-6H,1H3,(H,14,15)/b13-6-. The summed E-state index contributed by atoms with van der Waals surface area (Å²) in [7, 11) is 0. The van der Waals surface area contributed by atoms with Crippen LogP contribution in [-0.2, 0) is 0 Å². The molecule has 0 aliphatic heterocycles. The third kappa shape index (κ3) is 2.95. The third-order valence-corrected chi connectivity index (χ3v) is 3.22. The summed E-state index contributed by atoms with van der Waals surface area (Å²) in [5, 5.41) is 3.84. The lowest BCUT2D eigenvalue weighted by molar-refractivity contribution is 0.0953. The highest BCUT2D eigenvalue weighted by atomic mass is 35.5. The van der Waals surface area contributed by atoms with E-state index in [1.807, 2.05) is 6.07 Å². The highest BCUT2D eigenvalue weighted by Gasteiger charge is 2.09. The van der Waals surface area contributed by atoms with Crippen LogP contribution in [0.5, 0.6) is 0 Å². The normalized spacial score (nSPS) is 10.9. The van der Waals surface area contributed by atoms with Crippen molar-refractivity contribution in [1.82, 2.24) is 5.43 Å². The van der Waals surface area contributed by atoms with Gasteiger partial charge in [-0.1, -0.05) is 11.6 Å². The molecule has 0 aliphatic rings. The maximum absolute atomic E-state index is 11.6. The number of aryl methyl sites for hydroxylation is 1. The van der Waals surface area contributed by atoms with Gasteiger partial charge in [-0.05, 0) is 25.1 Å². The molecule has 1 amide bonds. The van der Waals surface area contributed by atoms with E-state index in [4.69, 9.17) is 16.0 Å². The Hall–Kier alpha value is -1.59. The Morgan fingerprint density at radius 1 is 1.53 bits per heavy atom. The number of nitrogens with one attached hydrogen (secondary N) is 1. The van der Waals surface area contributed by atoms with E-state index in [-0.39, 0.29) is 5.91 Å². The van der Waals surface area contributed by atoms with Crippen molar-refractivity contribution in [2.75, 3.05) is 0 Å². The number of thiophene rings is 1. The summed E-state index contributed by atoms with van der Waals surface area (Å²) in [5.41, 5.74) is 2.90. The molecule has 0 aliphatic carbocycles. The Balaban J connectivity index is 1.97. The Morgan fingerprint density at radius 2 is 2.35 bits per heavy atom. The van der Waals surface area contributed by atoms with Gasteiger partial charge in [0.15, 0.2) is 0 Å². The highest BCUT2D eigenvalue weighted by molar-refractivity contribution is 7.17. The van der Waals surface area contributed by atoms with Crippen LogP contribution in [0.15, 0.2) is 34.0 Å². The van der Waals surface area contributed by atoms with Gasteiger partial charge >= 0.3 is 0 Å². The molecule has 0 unspecified atom stereocenters. The fourth-order valence-electron chi connectivity index (χ4n) is 1.23. The van der Waals surface area contributed by atoms with Crippen molar-refractivity contribution in [2.45, 2.75) is 6.92 Å². The number of hydrogen-bond acceptors (Lipinski definition) is 4. The van der Waals surface area contributed by atoms with Crippen LogP contribution in [0.25, 0.3) is 0 Å². The van der Waals surface area contributed by atoms with Gasteiger partial charge in [-0.3, -0.25) is 4.79 Å². The van der Waals surface area contributed by atoms with Gasteiger partial charge in [-0.15, -0.1) is 11.3 Å². The molecule has 6 heteroatoms. The summed E-state index contributed by atoms with van der Waals surface area (Å²) in [5.74, 6) is 0.270. The summed E-state index contributed by atoms with van der Waals surface area (Å²) < 4.78 is 5.71. The summed E-state index contributed by atoms with van der Waals surface area (Å²) in [4.78, 5) is 12.5. The van der Waals surface area contributed by atoms with Crippen LogP contribution in [0.4, 0.5) is 0 Å². The van der Waals surface area contributed by atoms with Crippen molar-refractivity contribution >= 4 is 35.1 Å². The molecule has 88 valence electrons. The average molecular weight is 269 g/mol. The van der Waals surface area contributed by atoms with Crippen LogP contribution < -0.4 is 5.43 Å². The van der Waals surface area contributed by atoms with Gasteiger partial charge in [-0.25, -0.2) is 5.43 Å². The van der Waals surface area contributed by atoms with Gasteiger partial charge in [0.2, 0.25) is 0 Å². The molecular weight excluding hydrogens is 260 g/mol. The first-order chi connectivity index (χ1) is 8.16. The van der Waals surface area contributed by atoms with Crippen molar-refractivity contribution in [3.05, 3.63) is 45.0 Å². The molecule has 2 rings (SSSR count). The number of carbonyl (C=O) groups is 1. The minimum absolute atomic E-state index is 0.296. The molecule has 4 nitrogen and oxygen atoms in total. The molecule has 1 N–H and O–H groups in total. The maximum Gasteiger partial charge on any atom is 0.274 e. The lowest BCUT2D eigenvalue weighted by Gasteiger charge is -1.96. The first-order valence-corrected chi connectivity index (χ1v) is 5.99. The SMILES string of the molecule is Cc1occc1C(=O)N/N=C\c1ccc(Cl)s1. The Labute approximate surface area is 107 Å². The van der Waals surface area contributed by atoms with E-state index in [0.29, 0.717) is 15.7 Å². The van der Waals surface area contributed by atoms with Gasteiger partial charge in [0.05, 0.1) is 22.4 Å². The maximum atomic E-state index is 11.6. The fourth-order valence-corrected chi connectivity index (χ4v) is 2.17. The van der Waals surface area contributed by atoms with E-state index in [1.54, 1.807) is 25.3 Å². The van der Waals surface area contributed by atoms with E-state index in [2.05, 4.69) is 10.5 Å². The summed E-state index contributed by atoms with van der Waals surface area (Å²) in [6, 6.07) is 5.20. The zero-order chi connectivity index (χ0) is 12.3. The first-order valence-electron chi connectivity index (χ1n) is 4.79. The monoisotopic (exact) mass is 268 g/mol. The zero-order valence-corrected chi connectivity index (χ0v) is 10.5. The molecule has 0 spiro atoms. The molecular formula is C11H9ClN2O2S. The highest BCUT2D eigenvalue weighted by Crippen LogP contribution is 2.19. The van der Waals surface area contributed by atoms with Gasteiger partial charge in [0, 0.05) is 4.88 Å². The lowest BCUT2D eigenvalue weighted by Crippen LogP contribution is -2.17. The topological polar surface area (TPSA) is 54.6 Å². The molecule has 2 heterocycles. The largest absolute Gasteiger partial charge is 0.469 e. The molecule has 0 fully saturated rings. The minimum atomic E-state index is -0.296. The Morgan fingerprint density at radius 3 is 2.94 bits per heavy atom. The van der Waals surface area contributed by atoms with Crippen LogP contribution in [0.1, 0.15) is 21.0 Å². The Kier molecular flexibility index (Phi) is 3.61. The number of hydrogen-bond donors (Lipinski definition) is 1. The van der Waals surface area contributed by atoms with E-state index < -0.39 is 0 Å².